The maximum atomic E-state index is 12.0. The van der Waals surface area contributed by atoms with Crippen LogP contribution in [0.2, 0.25) is 0 Å². The minimum atomic E-state index is -0.386. The molecule has 0 saturated heterocycles. The van der Waals surface area contributed by atoms with Crippen LogP contribution < -0.4 is 16.4 Å². The molecule has 0 unspecified atom stereocenters. The second kappa shape index (κ2) is 8.66. The van der Waals surface area contributed by atoms with Crippen LogP contribution in [-0.2, 0) is 4.74 Å². The Labute approximate surface area is 179 Å². The number of benzene rings is 2. The van der Waals surface area contributed by atoms with Gasteiger partial charge in [0.2, 0.25) is 0 Å². The minimum Gasteiger partial charge on any atom is -0.462 e. The summed E-state index contributed by atoms with van der Waals surface area (Å²) in [4.78, 5) is 25.1. The van der Waals surface area contributed by atoms with Crippen LogP contribution in [0.5, 0.6) is 0 Å². The van der Waals surface area contributed by atoms with Crippen LogP contribution in [0.1, 0.15) is 23.0 Å². The number of aryl methyl sites for hydroxylation is 1. The van der Waals surface area contributed by atoms with Gasteiger partial charge in [-0.25, -0.2) is 14.8 Å². The third kappa shape index (κ3) is 4.37. The molecule has 156 valence electrons. The number of esters is 1. The molecule has 0 fully saturated rings. The first-order chi connectivity index (χ1) is 15.0. The van der Waals surface area contributed by atoms with Crippen LogP contribution in [0.15, 0.2) is 60.9 Å². The molecule has 2 aromatic carbocycles. The number of fused-ring (bicyclic) bond motifs is 1. The summed E-state index contributed by atoms with van der Waals surface area (Å²) in [5.41, 5.74) is 10.3. The van der Waals surface area contributed by atoms with Gasteiger partial charge < -0.3 is 21.1 Å². The summed E-state index contributed by atoms with van der Waals surface area (Å²) < 4.78 is 5.05. The minimum absolute atomic E-state index is 0.312. The lowest BCUT2D eigenvalue weighted by Crippen LogP contribution is -2.07. The number of para-hydroxylation sites is 1. The Morgan fingerprint density at radius 1 is 1.03 bits per heavy atom. The predicted octanol–water partition coefficient (Wildman–Crippen LogP) is 4.58. The highest BCUT2D eigenvalue weighted by atomic mass is 16.5. The van der Waals surface area contributed by atoms with E-state index in [9.17, 15) is 4.79 Å². The molecule has 0 radical (unpaired) electrons. The zero-order valence-corrected chi connectivity index (χ0v) is 17.2. The first-order valence-corrected chi connectivity index (χ1v) is 9.83. The molecular formula is C23H22N6O2. The molecule has 0 aliphatic carbocycles. The number of nitrogens with zero attached hydrogens (tertiary/aromatic N) is 3. The lowest BCUT2D eigenvalue weighted by Gasteiger charge is -2.14. The van der Waals surface area contributed by atoms with E-state index in [-0.39, 0.29) is 5.97 Å². The van der Waals surface area contributed by atoms with Crippen molar-refractivity contribution in [1.29, 1.82) is 0 Å². The normalized spacial score (nSPS) is 10.6. The third-order valence-electron chi connectivity index (χ3n) is 4.63. The average molecular weight is 414 g/mol. The van der Waals surface area contributed by atoms with Crippen LogP contribution in [0.3, 0.4) is 0 Å². The first-order valence-electron chi connectivity index (χ1n) is 9.83. The number of rotatable bonds is 6. The first kappa shape index (κ1) is 20.1. The number of nitrogens with one attached hydrogen (secondary N) is 2. The van der Waals surface area contributed by atoms with E-state index in [1.54, 1.807) is 25.1 Å². The standard InChI is InChI=1S/C23H22N6O2/c1-3-31-23(30)16-7-4-8-17(12-16)28-21-19(24)22(26-13-25-21)29-18-9-5-6-15-11-10-14(2)27-20(15)18/h4-13H,3,24H2,1-2H3,(H2,25,26,28,29). The number of pyridine rings is 1. The molecule has 0 bridgehead atoms. The molecule has 4 aromatic rings. The van der Waals surface area contributed by atoms with Crippen molar-refractivity contribution in [2.45, 2.75) is 13.8 Å². The van der Waals surface area contributed by atoms with Crippen LogP contribution in [0.4, 0.5) is 28.7 Å². The Hall–Kier alpha value is -4.20. The molecule has 31 heavy (non-hydrogen) atoms. The van der Waals surface area contributed by atoms with Gasteiger partial charge in [0.25, 0.3) is 0 Å². The van der Waals surface area contributed by atoms with Crippen molar-refractivity contribution in [3.8, 4) is 0 Å². The molecule has 0 spiro atoms. The number of carbonyl (C=O) groups is 1. The average Bonchev–Trinajstić information content (AvgIpc) is 2.77. The maximum absolute atomic E-state index is 12.0. The third-order valence-corrected chi connectivity index (χ3v) is 4.63. The fourth-order valence-electron chi connectivity index (χ4n) is 3.14. The van der Waals surface area contributed by atoms with Crippen molar-refractivity contribution in [1.82, 2.24) is 15.0 Å². The van der Waals surface area contributed by atoms with Crippen LogP contribution in [0, 0.1) is 6.92 Å². The second-order valence-electron chi connectivity index (χ2n) is 6.87. The summed E-state index contributed by atoms with van der Waals surface area (Å²) in [5, 5.41) is 7.42. The quantitative estimate of drug-likeness (QED) is 0.393. The van der Waals surface area contributed by atoms with Gasteiger partial charge in [-0.15, -0.1) is 0 Å². The van der Waals surface area contributed by atoms with E-state index in [2.05, 4.69) is 25.6 Å². The van der Waals surface area contributed by atoms with E-state index < -0.39 is 0 Å². The molecule has 2 aromatic heterocycles. The fourth-order valence-corrected chi connectivity index (χ4v) is 3.14. The van der Waals surface area contributed by atoms with Gasteiger partial charge in [0, 0.05) is 16.8 Å². The highest BCUT2D eigenvalue weighted by molar-refractivity contribution is 5.94. The molecule has 8 heteroatoms. The fraction of sp³-hybridized carbons (Fsp3) is 0.130. The number of hydrogen-bond donors (Lipinski definition) is 3. The summed E-state index contributed by atoms with van der Waals surface area (Å²) in [5.74, 6) is 0.487. The molecular weight excluding hydrogens is 392 g/mol. The molecule has 0 aliphatic rings. The molecule has 0 aliphatic heterocycles. The highest BCUT2D eigenvalue weighted by Gasteiger charge is 2.12. The van der Waals surface area contributed by atoms with Gasteiger partial charge in [-0.3, -0.25) is 4.98 Å². The molecule has 8 nitrogen and oxygen atoms in total. The zero-order valence-electron chi connectivity index (χ0n) is 17.2. The summed E-state index contributed by atoms with van der Waals surface area (Å²) in [7, 11) is 0. The molecule has 0 saturated carbocycles. The van der Waals surface area contributed by atoms with Gasteiger partial charge in [-0.1, -0.05) is 24.3 Å². The van der Waals surface area contributed by atoms with E-state index >= 15 is 0 Å². The molecule has 0 amide bonds. The van der Waals surface area contributed by atoms with Gasteiger partial charge in [-0.2, -0.15) is 0 Å². The summed E-state index contributed by atoms with van der Waals surface area (Å²) in [6, 6.07) is 16.8. The zero-order chi connectivity index (χ0) is 21.8. The van der Waals surface area contributed by atoms with E-state index in [1.165, 1.54) is 6.33 Å². The summed E-state index contributed by atoms with van der Waals surface area (Å²) in [6.45, 7) is 4.03. The molecule has 2 heterocycles. The van der Waals surface area contributed by atoms with Crippen molar-refractivity contribution in [2.24, 2.45) is 0 Å². The number of aromatic nitrogens is 3. The van der Waals surface area contributed by atoms with Crippen molar-refractivity contribution in [2.75, 3.05) is 23.0 Å². The monoisotopic (exact) mass is 414 g/mol. The van der Waals surface area contributed by atoms with E-state index in [4.69, 9.17) is 10.5 Å². The topological polar surface area (TPSA) is 115 Å². The lowest BCUT2D eigenvalue weighted by atomic mass is 10.1. The van der Waals surface area contributed by atoms with Crippen molar-refractivity contribution in [3.05, 3.63) is 72.2 Å². The Morgan fingerprint density at radius 2 is 1.81 bits per heavy atom. The van der Waals surface area contributed by atoms with Crippen molar-refractivity contribution < 1.29 is 9.53 Å². The van der Waals surface area contributed by atoms with E-state index in [1.807, 2.05) is 43.3 Å². The number of anilines is 5. The summed E-state index contributed by atoms with van der Waals surface area (Å²) in [6.07, 6.45) is 1.42. The Kier molecular flexibility index (Phi) is 5.61. The largest absolute Gasteiger partial charge is 0.462 e. The van der Waals surface area contributed by atoms with E-state index in [0.717, 1.165) is 22.3 Å². The van der Waals surface area contributed by atoms with E-state index in [0.29, 0.717) is 35.2 Å². The summed E-state index contributed by atoms with van der Waals surface area (Å²) >= 11 is 0. The van der Waals surface area contributed by atoms with Crippen LogP contribution in [0.25, 0.3) is 10.9 Å². The lowest BCUT2D eigenvalue weighted by molar-refractivity contribution is 0.0526. The SMILES string of the molecule is CCOC(=O)c1cccc(Nc2ncnc(Nc3cccc4ccc(C)nc34)c2N)c1. The Morgan fingerprint density at radius 3 is 2.61 bits per heavy atom. The highest BCUT2D eigenvalue weighted by Crippen LogP contribution is 2.31. The van der Waals surface area contributed by atoms with Gasteiger partial charge >= 0.3 is 5.97 Å². The number of ether oxygens (including phenoxy) is 1. The number of nitrogens with two attached hydrogens (primary N) is 1. The van der Waals surface area contributed by atoms with Crippen molar-refractivity contribution >= 4 is 45.6 Å². The molecule has 4 N–H and O–H groups in total. The van der Waals surface area contributed by atoms with Gasteiger partial charge in [0.05, 0.1) is 23.4 Å². The van der Waals surface area contributed by atoms with Crippen LogP contribution >= 0.6 is 0 Å². The predicted molar refractivity (Wildman–Crippen MR) is 122 cm³/mol. The van der Waals surface area contributed by atoms with Crippen molar-refractivity contribution in [3.63, 3.8) is 0 Å². The molecule has 4 rings (SSSR count). The van der Waals surface area contributed by atoms with Crippen LogP contribution in [-0.4, -0.2) is 27.5 Å². The van der Waals surface area contributed by atoms with Gasteiger partial charge in [0.15, 0.2) is 11.6 Å². The van der Waals surface area contributed by atoms with Gasteiger partial charge in [-0.05, 0) is 44.2 Å². The Bertz CT molecular complexity index is 1260. The van der Waals surface area contributed by atoms with Gasteiger partial charge in [0.1, 0.15) is 12.0 Å². The Balaban J connectivity index is 1.62. The molecule has 0 atom stereocenters. The number of carbonyl (C=O) groups excluding carboxylic acids is 1. The number of nitrogen functional groups attached to an aromatic ring is 1. The smallest absolute Gasteiger partial charge is 0.338 e. The second-order valence-corrected chi connectivity index (χ2v) is 6.87. The number of hydrogen-bond acceptors (Lipinski definition) is 8. The maximum Gasteiger partial charge on any atom is 0.338 e.